The minimum absolute atomic E-state index is 0.0500. The molecule has 13 rings (SSSR count). The molecular formula is C52H31N3O. The van der Waals surface area contributed by atoms with Gasteiger partial charge in [-0.15, -0.1) is 0 Å². The van der Waals surface area contributed by atoms with Crippen molar-refractivity contribution in [3.05, 3.63) is 182 Å². The van der Waals surface area contributed by atoms with Gasteiger partial charge in [0.15, 0.2) is 5.82 Å². The van der Waals surface area contributed by atoms with Gasteiger partial charge in [-0.25, -0.2) is 9.97 Å². The fourth-order valence-corrected chi connectivity index (χ4v) is 9.84. The summed E-state index contributed by atoms with van der Waals surface area (Å²) in [6.45, 7) is 0. The van der Waals surface area contributed by atoms with Gasteiger partial charge in [0.25, 0.3) is 0 Å². The van der Waals surface area contributed by atoms with Gasteiger partial charge < -0.3 is 4.74 Å². The second kappa shape index (κ2) is 11.1. The Morgan fingerprint density at radius 1 is 0.482 bits per heavy atom. The van der Waals surface area contributed by atoms with Crippen molar-refractivity contribution in [1.29, 1.82) is 0 Å². The summed E-state index contributed by atoms with van der Waals surface area (Å²) in [4.78, 5) is 11.4. The van der Waals surface area contributed by atoms with E-state index in [1.807, 2.05) is 0 Å². The Balaban J connectivity index is 1.25. The maximum atomic E-state index is 6.57. The van der Waals surface area contributed by atoms with Crippen LogP contribution in [0.3, 0.4) is 0 Å². The van der Waals surface area contributed by atoms with E-state index in [0.717, 1.165) is 61.2 Å². The lowest BCUT2D eigenvalue weighted by Gasteiger charge is -2.19. The molecule has 0 saturated heterocycles. The molecule has 0 bridgehead atoms. The number of rotatable bonds is 2. The average Bonchev–Trinajstić information content (AvgIpc) is 3.80. The molecule has 56 heavy (non-hydrogen) atoms. The van der Waals surface area contributed by atoms with Gasteiger partial charge in [0.05, 0.1) is 22.1 Å². The van der Waals surface area contributed by atoms with E-state index in [1.165, 1.54) is 53.9 Å². The zero-order valence-corrected chi connectivity index (χ0v) is 30.1. The number of fused-ring (bicyclic) bond motifs is 17. The standard InChI is InChI=1S/C52H31N3O/c1-2-14-32-29-44-41(28-31(32)13-1)49-43(27-25-38-36-18-6-5-16-34(36)35-17-7-8-19-37(35)48(38)49)55(44)52-51(53-42-26-24-30-12-3-4-15-33(30)50(42)54-52)40-21-11-23-46-47(40)39-20-9-10-22-45(39)56-46/h1-29,39,45H. The fraction of sp³-hybridized carbons (Fsp3) is 0.0385. The van der Waals surface area contributed by atoms with Crippen molar-refractivity contribution < 1.29 is 4.74 Å². The van der Waals surface area contributed by atoms with E-state index >= 15 is 0 Å². The summed E-state index contributed by atoms with van der Waals surface area (Å²) in [5, 5.41) is 14.6. The lowest BCUT2D eigenvalue weighted by atomic mass is 9.87. The molecule has 2 aromatic heterocycles. The van der Waals surface area contributed by atoms with Gasteiger partial charge in [0, 0.05) is 38.6 Å². The van der Waals surface area contributed by atoms with E-state index in [1.54, 1.807) is 0 Å². The largest absolute Gasteiger partial charge is 0.485 e. The van der Waals surface area contributed by atoms with Crippen molar-refractivity contribution in [3.63, 3.8) is 0 Å². The second-order valence-electron chi connectivity index (χ2n) is 15.2. The van der Waals surface area contributed by atoms with Crippen LogP contribution in [0.4, 0.5) is 0 Å². The lowest BCUT2D eigenvalue weighted by molar-refractivity contribution is 0.269. The number of aromatic nitrogens is 3. The van der Waals surface area contributed by atoms with Gasteiger partial charge in [0.1, 0.15) is 17.5 Å². The molecular weight excluding hydrogens is 683 g/mol. The summed E-state index contributed by atoms with van der Waals surface area (Å²) >= 11 is 0. The molecule has 0 fully saturated rings. The Kier molecular flexibility index (Phi) is 5.97. The van der Waals surface area contributed by atoms with Crippen LogP contribution in [0.5, 0.6) is 5.75 Å². The Labute approximate surface area is 321 Å². The van der Waals surface area contributed by atoms with Crippen LogP contribution in [-0.2, 0) is 0 Å². The zero-order chi connectivity index (χ0) is 36.5. The monoisotopic (exact) mass is 713 g/mol. The third kappa shape index (κ3) is 4.02. The average molecular weight is 714 g/mol. The zero-order valence-electron chi connectivity index (χ0n) is 30.1. The molecule has 3 heterocycles. The molecule has 0 radical (unpaired) electrons. The lowest BCUT2D eigenvalue weighted by Crippen LogP contribution is -2.16. The Morgan fingerprint density at radius 3 is 1.98 bits per heavy atom. The number of hydrogen-bond acceptors (Lipinski definition) is 3. The highest BCUT2D eigenvalue weighted by atomic mass is 16.5. The van der Waals surface area contributed by atoms with E-state index in [4.69, 9.17) is 14.7 Å². The number of ether oxygens (including phenoxy) is 1. The molecule has 0 spiro atoms. The minimum atomic E-state index is -0.0500. The van der Waals surface area contributed by atoms with Gasteiger partial charge in [0.2, 0.25) is 0 Å². The smallest absolute Gasteiger partial charge is 0.165 e. The van der Waals surface area contributed by atoms with E-state index in [-0.39, 0.29) is 12.0 Å². The molecule has 4 heteroatoms. The van der Waals surface area contributed by atoms with Crippen LogP contribution in [0.2, 0.25) is 0 Å². The molecule has 1 aliphatic carbocycles. The van der Waals surface area contributed by atoms with Crippen LogP contribution in [0.15, 0.2) is 176 Å². The highest BCUT2D eigenvalue weighted by Gasteiger charge is 2.36. The first kappa shape index (κ1) is 30.1. The van der Waals surface area contributed by atoms with Crippen LogP contribution in [-0.4, -0.2) is 20.6 Å². The van der Waals surface area contributed by atoms with Crippen molar-refractivity contribution in [1.82, 2.24) is 14.5 Å². The highest BCUT2D eigenvalue weighted by Crippen LogP contribution is 2.49. The maximum Gasteiger partial charge on any atom is 0.165 e. The predicted molar refractivity (Wildman–Crippen MR) is 232 cm³/mol. The van der Waals surface area contributed by atoms with Crippen molar-refractivity contribution in [2.24, 2.45) is 0 Å². The summed E-state index contributed by atoms with van der Waals surface area (Å²) in [7, 11) is 0. The topological polar surface area (TPSA) is 39.9 Å². The molecule has 260 valence electrons. The van der Waals surface area contributed by atoms with Crippen LogP contribution in [0.25, 0.3) is 104 Å². The normalized spacial score (nSPS) is 16.2. The summed E-state index contributed by atoms with van der Waals surface area (Å²) in [6, 6.07) is 54.9. The van der Waals surface area contributed by atoms with E-state index < -0.39 is 0 Å². The molecule has 2 atom stereocenters. The van der Waals surface area contributed by atoms with Crippen molar-refractivity contribution in [2.75, 3.05) is 0 Å². The van der Waals surface area contributed by atoms with Crippen LogP contribution in [0.1, 0.15) is 11.5 Å². The summed E-state index contributed by atoms with van der Waals surface area (Å²) in [5.74, 6) is 1.79. The first-order valence-electron chi connectivity index (χ1n) is 19.3. The minimum Gasteiger partial charge on any atom is -0.485 e. The van der Waals surface area contributed by atoms with E-state index in [9.17, 15) is 0 Å². The van der Waals surface area contributed by atoms with Crippen molar-refractivity contribution in [2.45, 2.75) is 12.0 Å². The Hall–Kier alpha value is -7.30. The number of hydrogen-bond donors (Lipinski definition) is 0. The molecule has 0 amide bonds. The first-order chi connectivity index (χ1) is 27.8. The summed E-state index contributed by atoms with van der Waals surface area (Å²) < 4.78 is 8.96. The molecule has 0 N–H and O–H groups in total. The highest BCUT2D eigenvalue weighted by molar-refractivity contribution is 6.35. The van der Waals surface area contributed by atoms with Gasteiger partial charge in [-0.05, 0) is 79.5 Å². The molecule has 0 saturated carbocycles. The van der Waals surface area contributed by atoms with Crippen LogP contribution in [0, 0.1) is 0 Å². The van der Waals surface area contributed by atoms with Crippen LogP contribution < -0.4 is 4.74 Å². The molecule has 1 aliphatic heterocycles. The molecule has 2 unspecified atom stereocenters. The molecule has 2 aliphatic rings. The van der Waals surface area contributed by atoms with E-state index in [2.05, 4.69) is 181 Å². The number of nitrogens with zero attached hydrogens (tertiary/aromatic N) is 3. The van der Waals surface area contributed by atoms with E-state index in [0.29, 0.717) is 0 Å². The molecule has 11 aromatic rings. The van der Waals surface area contributed by atoms with Crippen molar-refractivity contribution in [3.8, 4) is 22.8 Å². The maximum absolute atomic E-state index is 6.57. The number of allylic oxidation sites excluding steroid dienone is 2. The van der Waals surface area contributed by atoms with Gasteiger partial charge in [-0.1, -0.05) is 140 Å². The predicted octanol–water partition coefficient (Wildman–Crippen LogP) is 13.1. The number of benzene rings is 9. The van der Waals surface area contributed by atoms with Crippen molar-refractivity contribution >= 4 is 86.7 Å². The quantitative estimate of drug-likeness (QED) is 0.167. The first-order valence-corrected chi connectivity index (χ1v) is 19.3. The molecule has 9 aromatic carbocycles. The van der Waals surface area contributed by atoms with Gasteiger partial charge >= 0.3 is 0 Å². The van der Waals surface area contributed by atoms with Crippen LogP contribution >= 0.6 is 0 Å². The van der Waals surface area contributed by atoms with Gasteiger partial charge in [-0.3, -0.25) is 4.57 Å². The summed E-state index contributed by atoms with van der Waals surface area (Å²) in [5.41, 5.74) is 6.98. The van der Waals surface area contributed by atoms with Gasteiger partial charge in [-0.2, -0.15) is 0 Å². The molecule has 4 nitrogen and oxygen atoms in total. The Bertz CT molecular complexity index is 3560. The third-order valence-electron chi connectivity index (χ3n) is 12.3. The Morgan fingerprint density at radius 2 is 1.16 bits per heavy atom. The SMILES string of the molecule is C1=CC2Oc3cccc(-c4nc5ccc6ccccc6c5nc4-n4c5cc6ccccc6cc5c5c6c7ccccc7c7ccccc7c6ccc54)c3C2C=C1. The third-order valence-corrected chi connectivity index (χ3v) is 12.3. The fourth-order valence-electron chi connectivity index (χ4n) is 9.84. The summed E-state index contributed by atoms with van der Waals surface area (Å²) in [6.07, 6.45) is 8.58. The second-order valence-corrected chi connectivity index (χ2v) is 15.2.